The molecule has 0 radical (unpaired) electrons. The number of carbonyl (C=O) groups excluding carboxylic acids is 1. The van der Waals surface area contributed by atoms with Gasteiger partial charge in [0.05, 0.1) is 4.92 Å². The maximum atomic E-state index is 10.4. The first-order valence-electron chi connectivity index (χ1n) is 3.78. The summed E-state index contributed by atoms with van der Waals surface area (Å²) in [4.78, 5) is 23.8. The Balaban J connectivity index is 3.11. The predicted octanol–water partition coefficient (Wildman–Crippen LogP) is 1.14. The molecule has 1 aromatic heterocycles. The molecule has 1 heterocycles. The van der Waals surface area contributed by atoms with Gasteiger partial charge < -0.3 is 5.73 Å². The minimum atomic E-state index is -0.669. The molecule has 0 atom stereocenters. The van der Waals surface area contributed by atoms with Gasteiger partial charge >= 0.3 is 0 Å². The Morgan fingerprint density at radius 2 is 2.33 bits per heavy atom. The Morgan fingerprint density at radius 1 is 1.67 bits per heavy atom. The molecule has 0 saturated carbocycles. The van der Waals surface area contributed by atoms with Crippen LogP contribution in [0.4, 0.5) is 5.69 Å². The molecule has 0 bridgehead atoms. The fourth-order valence-electron chi connectivity index (χ4n) is 0.842. The van der Waals surface area contributed by atoms with Crippen LogP contribution in [-0.4, -0.2) is 15.8 Å². The Kier molecular flexibility index (Phi) is 3.35. The molecule has 0 saturated heterocycles. The zero-order chi connectivity index (χ0) is 11.4. The monoisotopic (exact) mass is 227 g/mol. The van der Waals surface area contributed by atoms with Gasteiger partial charge in [-0.25, -0.2) is 4.98 Å². The Labute approximate surface area is 89.5 Å². The molecule has 1 aromatic rings. The Morgan fingerprint density at radius 3 is 2.87 bits per heavy atom. The second kappa shape index (κ2) is 4.52. The van der Waals surface area contributed by atoms with E-state index in [1.54, 1.807) is 0 Å². The van der Waals surface area contributed by atoms with Gasteiger partial charge in [0.2, 0.25) is 5.91 Å². The smallest absolute Gasteiger partial charge is 0.288 e. The first-order chi connectivity index (χ1) is 7.00. The van der Waals surface area contributed by atoms with Crippen molar-refractivity contribution in [3.8, 4) is 0 Å². The lowest BCUT2D eigenvalue weighted by atomic mass is 10.2. The first-order valence-corrected chi connectivity index (χ1v) is 4.16. The van der Waals surface area contributed by atoms with E-state index >= 15 is 0 Å². The van der Waals surface area contributed by atoms with Gasteiger partial charge in [0.1, 0.15) is 11.3 Å². The highest BCUT2D eigenvalue weighted by molar-refractivity contribution is 6.31. The van der Waals surface area contributed by atoms with Crippen LogP contribution >= 0.6 is 11.6 Å². The third kappa shape index (κ3) is 3.03. The molecule has 7 heteroatoms. The van der Waals surface area contributed by atoms with Crippen molar-refractivity contribution in [3.05, 3.63) is 39.2 Å². The van der Waals surface area contributed by atoms with Crippen LogP contribution in [0.25, 0.3) is 6.08 Å². The number of nitrogens with zero attached hydrogens (tertiary/aromatic N) is 2. The van der Waals surface area contributed by atoms with Crippen molar-refractivity contribution >= 4 is 29.3 Å². The van der Waals surface area contributed by atoms with Gasteiger partial charge in [0, 0.05) is 17.7 Å². The highest BCUT2D eigenvalue weighted by Crippen LogP contribution is 2.19. The topological polar surface area (TPSA) is 99.1 Å². The summed E-state index contributed by atoms with van der Waals surface area (Å²) in [5, 5.41) is 10.5. The molecule has 0 fully saturated rings. The fourth-order valence-corrected chi connectivity index (χ4v) is 1.01. The summed E-state index contributed by atoms with van der Waals surface area (Å²) in [6.07, 6.45) is 3.35. The lowest BCUT2D eigenvalue weighted by Gasteiger charge is -1.96. The lowest BCUT2D eigenvalue weighted by molar-refractivity contribution is -0.385. The summed E-state index contributed by atoms with van der Waals surface area (Å²) >= 11 is 5.65. The van der Waals surface area contributed by atoms with Gasteiger partial charge in [-0.1, -0.05) is 11.6 Å². The predicted molar refractivity (Wildman–Crippen MR) is 54.1 cm³/mol. The normalized spacial score (nSPS) is 10.5. The number of amides is 1. The molecule has 0 unspecified atom stereocenters. The van der Waals surface area contributed by atoms with Crippen molar-refractivity contribution in [1.29, 1.82) is 0 Å². The molecule has 6 nitrogen and oxygen atoms in total. The number of nitro groups is 1. The summed E-state index contributed by atoms with van der Waals surface area (Å²) in [5.74, 6) is -0.669. The molecule has 2 N–H and O–H groups in total. The number of rotatable bonds is 3. The van der Waals surface area contributed by atoms with E-state index in [1.165, 1.54) is 12.1 Å². The molecule has 0 aliphatic carbocycles. The second-order valence-corrected chi connectivity index (χ2v) is 2.92. The summed E-state index contributed by atoms with van der Waals surface area (Å²) in [6, 6.07) is 1.20. The minimum absolute atomic E-state index is 0.0677. The van der Waals surface area contributed by atoms with Crippen molar-refractivity contribution in [3.63, 3.8) is 0 Å². The number of hydrogen-bond acceptors (Lipinski definition) is 4. The van der Waals surface area contributed by atoms with Gasteiger partial charge in [-0.2, -0.15) is 0 Å². The van der Waals surface area contributed by atoms with Crippen molar-refractivity contribution in [2.45, 2.75) is 0 Å². The van der Waals surface area contributed by atoms with E-state index in [4.69, 9.17) is 17.3 Å². The fraction of sp³-hybridized carbons (Fsp3) is 0. The van der Waals surface area contributed by atoms with Crippen molar-refractivity contribution < 1.29 is 9.72 Å². The van der Waals surface area contributed by atoms with Crippen LogP contribution < -0.4 is 5.73 Å². The molecular formula is C8H6ClN3O3. The standard InChI is InChI=1S/C8H6ClN3O3/c9-8-5(1-2-7(10)13)3-6(4-11-8)12(14)15/h1-4H,(H2,10,13). The molecule has 0 aliphatic rings. The zero-order valence-corrected chi connectivity index (χ0v) is 8.14. The van der Waals surface area contributed by atoms with E-state index in [-0.39, 0.29) is 16.4 Å². The molecule has 1 amide bonds. The maximum Gasteiger partial charge on any atom is 0.288 e. The van der Waals surface area contributed by atoms with Gasteiger partial charge in [0.25, 0.3) is 5.69 Å². The first kappa shape index (κ1) is 11.1. The van der Waals surface area contributed by atoms with Crippen LogP contribution in [0, 0.1) is 10.1 Å². The third-order valence-electron chi connectivity index (χ3n) is 1.49. The number of aromatic nitrogens is 1. The Bertz CT molecular complexity index is 445. The largest absolute Gasteiger partial charge is 0.366 e. The summed E-state index contributed by atoms with van der Waals surface area (Å²) in [5.41, 5.74) is 4.93. The highest BCUT2D eigenvalue weighted by Gasteiger charge is 2.08. The number of carbonyl (C=O) groups is 1. The van der Waals surface area contributed by atoms with E-state index < -0.39 is 10.8 Å². The SMILES string of the molecule is NC(=O)C=Cc1cc([N+](=O)[O-])cnc1Cl. The van der Waals surface area contributed by atoms with E-state index in [9.17, 15) is 14.9 Å². The molecule has 15 heavy (non-hydrogen) atoms. The number of halogens is 1. The van der Waals surface area contributed by atoms with Gasteiger partial charge in [-0.15, -0.1) is 0 Å². The molecule has 0 aliphatic heterocycles. The van der Waals surface area contributed by atoms with E-state index in [2.05, 4.69) is 4.98 Å². The maximum absolute atomic E-state index is 10.4. The van der Waals surface area contributed by atoms with Crippen LogP contribution in [0.5, 0.6) is 0 Å². The van der Waals surface area contributed by atoms with E-state index in [0.717, 1.165) is 12.3 Å². The molecule has 78 valence electrons. The molecule has 0 aromatic carbocycles. The minimum Gasteiger partial charge on any atom is -0.366 e. The number of primary amides is 1. The van der Waals surface area contributed by atoms with Crippen molar-refractivity contribution in [2.24, 2.45) is 5.73 Å². The van der Waals surface area contributed by atoms with Gasteiger partial charge in [-0.05, 0) is 6.08 Å². The second-order valence-electron chi connectivity index (χ2n) is 2.57. The lowest BCUT2D eigenvalue weighted by Crippen LogP contribution is -2.05. The van der Waals surface area contributed by atoms with Gasteiger partial charge in [0.15, 0.2) is 0 Å². The Hall–Kier alpha value is -1.95. The number of pyridine rings is 1. The average molecular weight is 228 g/mol. The van der Waals surface area contributed by atoms with Gasteiger partial charge in [-0.3, -0.25) is 14.9 Å². The molecule has 1 rings (SSSR count). The summed E-state index contributed by atoms with van der Waals surface area (Å²) in [6.45, 7) is 0. The van der Waals surface area contributed by atoms with Crippen LogP contribution in [-0.2, 0) is 4.79 Å². The van der Waals surface area contributed by atoms with Crippen molar-refractivity contribution in [2.75, 3.05) is 0 Å². The van der Waals surface area contributed by atoms with Crippen molar-refractivity contribution in [1.82, 2.24) is 4.98 Å². The van der Waals surface area contributed by atoms with Crippen LogP contribution in [0.3, 0.4) is 0 Å². The molecular weight excluding hydrogens is 222 g/mol. The summed E-state index contributed by atoms with van der Waals surface area (Å²) in [7, 11) is 0. The van der Waals surface area contributed by atoms with E-state index in [1.807, 2.05) is 0 Å². The van der Waals surface area contributed by atoms with Crippen LogP contribution in [0.15, 0.2) is 18.3 Å². The number of hydrogen-bond donors (Lipinski definition) is 1. The molecule has 0 spiro atoms. The third-order valence-corrected chi connectivity index (χ3v) is 1.81. The van der Waals surface area contributed by atoms with Crippen LogP contribution in [0.1, 0.15) is 5.56 Å². The summed E-state index contributed by atoms with van der Waals surface area (Å²) < 4.78 is 0. The van der Waals surface area contributed by atoms with E-state index in [0.29, 0.717) is 0 Å². The highest BCUT2D eigenvalue weighted by atomic mass is 35.5. The average Bonchev–Trinajstić information content (AvgIpc) is 2.16. The number of nitrogens with two attached hydrogens (primary N) is 1. The van der Waals surface area contributed by atoms with Crippen LogP contribution in [0.2, 0.25) is 5.15 Å². The zero-order valence-electron chi connectivity index (χ0n) is 7.38. The quantitative estimate of drug-likeness (QED) is 0.362.